The minimum Gasteiger partial charge on any atom is -0.493 e. The van der Waals surface area contributed by atoms with Crippen molar-refractivity contribution in [2.75, 3.05) is 25.0 Å². The summed E-state index contributed by atoms with van der Waals surface area (Å²) in [6, 6.07) is 14.7. The van der Waals surface area contributed by atoms with Gasteiger partial charge in [0.1, 0.15) is 12.3 Å². The number of para-hydroxylation sites is 1. The van der Waals surface area contributed by atoms with E-state index in [9.17, 15) is 9.59 Å². The molecule has 0 aliphatic carbocycles. The highest BCUT2D eigenvalue weighted by atomic mass is 16.5. The van der Waals surface area contributed by atoms with Crippen LogP contribution in [0.25, 0.3) is 0 Å². The number of ether oxygens (including phenoxy) is 1. The summed E-state index contributed by atoms with van der Waals surface area (Å²) < 4.78 is 5.72. The van der Waals surface area contributed by atoms with Gasteiger partial charge in [0.05, 0.1) is 6.61 Å². The van der Waals surface area contributed by atoms with Crippen molar-refractivity contribution >= 4 is 17.5 Å². The van der Waals surface area contributed by atoms with E-state index in [-0.39, 0.29) is 18.4 Å². The fourth-order valence-electron chi connectivity index (χ4n) is 2.76. The van der Waals surface area contributed by atoms with Gasteiger partial charge >= 0.3 is 0 Å². The molecule has 5 nitrogen and oxygen atoms in total. The summed E-state index contributed by atoms with van der Waals surface area (Å²) in [5.41, 5.74) is 2.28. The van der Waals surface area contributed by atoms with Crippen molar-refractivity contribution in [3.63, 3.8) is 0 Å². The molecule has 2 aromatic carbocycles. The first-order chi connectivity index (χ1) is 13.4. The third-order valence-corrected chi connectivity index (χ3v) is 4.20. The first-order valence-corrected chi connectivity index (χ1v) is 9.78. The van der Waals surface area contributed by atoms with E-state index in [0.717, 1.165) is 17.7 Å². The summed E-state index contributed by atoms with van der Waals surface area (Å²) in [5.74, 6) is 0.696. The Morgan fingerprint density at radius 1 is 1.11 bits per heavy atom. The lowest BCUT2D eigenvalue weighted by Crippen LogP contribution is -2.38. The van der Waals surface area contributed by atoms with Crippen molar-refractivity contribution < 1.29 is 14.3 Å². The SMILES string of the molecule is CCCN(CC(=O)Nc1ccccc1C)C(=O)c1cccc(OCC(C)C)c1. The first kappa shape index (κ1) is 21.5. The molecule has 0 spiro atoms. The number of carbonyl (C=O) groups excluding carboxylic acids is 2. The number of carbonyl (C=O) groups is 2. The van der Waals surface area contributed by atoms with Crippen molar-refractivity contribution in [3.8, 4) is 5.75 Å². The lowest BCUT2D eigenvalue weighted by Gasteiger charge is -2.22. The number of anilines is 1. The number of hydrogen-bond acceptors (Lipinski definition) is 3. The maximum atomic E-state index is 13.0. The molecule has 5 heteroatoms. The summed E-state index contributed by atoms with van der Waals surface area (Å²) >= 11 is 0. The molecule has 2 aromatic rings. The van der Waals surface area contributed by atoms with E-state index in [4.69, 9.17) is 4.74 Å². The van der Waals surface area contributed by atoms with Crippen molar-refractivity contribution in [1.82, 2.24) is 4.90 Å². The van der Waals surface area contributed by atoms with Crippen molar-refractivity contribution in [3.05, 3.63) is 59.7 Å². The Morgan fingerprint density at radius 2 is 1.86 bits per heavy atom. The van der Waals surface area contributed by atoms with E-state index < -0.39 is 0 Å². The molecule has 0 aliphatic rings. The van der Waals surface area contributed by atoms with Crippen LogP contribution < -0.4 is 10.1 Å². The van der Waals surface area contributed by atoms with Crippen LogP contribution in [0.3, 0.4) is 0 Å². The molecule has 28 heavy (non-hydrogen) atoms. The fourth-order valence-corrected chi connectivity index (χ4v) is 2.76. The van der Waals surface area contributed by atoms with Gasteiger partial charge < -0.3 is 15.0 Å². The molecule has 1 N–H and O–H groups in total. The Hall–Kier alpha value is -2.82. The average Bonchev–Trinajstić information content (AvgIpc) is 2.67. The molecule has 0 saturated carbocycles. The van der Waals surface area contributed by atoms with Crippen molar-refractivity contribution in [2.24, 2.45) is 5.92 Å². The highest BCUT2D eigenvalue weighted by Gasteiger charge is 2.19. The van der Waals surface area contributed by atoms with Crippen LogP contribution in [0.4, 0.5) is 5.69 Å². The van der Waals surface area contributed by atoms with Gasteiger partial charge in [-0.05, 0) is 49.1 Å². The molecule has 0 bridgehead atoms. The predicted molar refractivity (Wildman–Crippen MR) is 113 cm³/mol. The number of rotatable bonds is 9. The van der Waals surface area contributed by atoms with Gasteiger partial charge in [-0.2, -0.15) is 0 Å². The Morgan fingerprint density at radius 3 is 2.54 bits per heavy atom. The van der Waals surface area contributed by atoms with Crippen LogP contribution in [0.2, 0.25) is 0 Å². The van der Waals surface area contributed by atoms with Crippen LogP contribution in [0.15, 0.2) is 48.5 Å². The molecule has 0 radical (unpaired) electrons. The molecule has 0 heterocycles. The third-order valence-electron chi connectivity index (χ3n) is 4.20. The lowest BCUT2D eigenvalue weighted by atomic mass is 10.1. The Labute approximate surface area is 167 Å². The van der Waals surface area contributed by atoms with Crippen LogP contribution >= 0.6 is 0 Å². The zero-order valence-electron chi connectivity index (χ0n) is 17.2. The molecular formula is C23H30N2O3. The number of benzene rings is 2. The fraction of sp³-hybridized carbons (Fsp3) is 0.391. The number of nitrogens with one attached hydrogen (secondary N) is 1. The number of aryl methyl sites for hydroxylation is 1. The maximum Gasteiger partial charge on any atom is 0.254 e. The standard InChI is InChI=1S/C23H30N2O3/c1-5-13-25(15-22(26)24-21-12-7-6-9-18(21)4)23(27)19-10-8-11-20(14-19)28-16-17(2)3/h6-12,14,17H,5,13,15-16H2,1-4H3,(H,24,26). The molecule has 0 atom stereocenters. The van der Waals surface area contributed by atoms with E-state index in [0.29, 0.717) is 30.4 Å². The highest BCUT2D eigenvalue weighted by Crippen LogP contribution is 2.17. The zero-order valence-corrected chi connectivity index (χ0v) is 17.2. The Bertz CT molecular complexity index is 802. The smallest absolute Gasteiger partial charge is 0.254 e. The lowest BCUT2D eigenvalue weighted by molar-refractivity contribution is -0.116. The molecule has 0 aliphatic heterocycles. The molecule has 0 aromatic heterocycles. The molecule has 2 rings (SSSR count). The molecule has 2 amide bonds. The summed E-state index contributed by atoms with van der Waals surface area (Å²) in [7, 11) is 0. The van der Waals surface area contributed by atoms with Gasteiger partial charge in [0.25, 0.3) is 5.91 Å². The molecule has 0 saturated heterocycles. The van der Waals surface area contributed by atoms with E-state index in [1.807, 2.05) is 44.2 Å². The molecule has 0 unspecified atom stereocenters. The number of amides is 2. The second-order valence-corrected chi connectivity index (χ2v) is 7.32. The van der Waals surface area contributed by atoms with E-state index >= 15 is 0 Å². The van der Waals surface area contributed by atoms with Gasteiger partial charge in [-0.15, -0.1) is 0 Å². The van der Waals surface area contributed by atoms with E-state index in [1.165, 1.54) is 0 Å². The second kappa shape index (κ2) is 10.5. The maximum absolute atomic E-state index is 13.0. The summed E-state index contributed by atoms with van der Waals surface area (Å²) in [5, 5.41) is 2.89. The quantitative estimate of drug-likeness (QED) is 0.694. The van der Waals surface area contributed by atoms with Crippen LogP contribution in [0.5, 0.6) is 5.75 Å². The van der Waals surface area contributed by atoms with Crippen LogP contribution in [0, 0.1) is 12.8 Å². The Balaban J connectivity index is 2.08. The largest absolute Gasteiger partial charge is 0.493 e. The van der Waals surface area contributed by atoms with Crippen LogP contribution in [0.1, 0.15) is 43.1 Å². The minimum atomic E-state index is -0.205. The van der Waals surface area contributed by atoms with Gasteiger partial charge in [-0.1, -0.05) is 45.0 Å². The van der Waals surface area contributed by atoms with E-state index in [2.05, 4.69) is 19.2 Å². The van der Waals surface area contributed by atoms with Gasteiger partial charge in [0, 0.05) is 17.8 Å². The molecular weight excluding hydrogens is 352 g/mol. The third kappa shape index (κ3) is 6.41. The predicted octanol–water partition coefficient (Wildman–Crippen LogP) is 4.52. The van der Waals surface area contributed by atoms with Crippen LogP contribution in [-0.4, -0.2) is 36.4 Å². The monoisotopic (exact) mass is 382 g/mol. The van der Waals surface area contributed by atoms with Gasteiger partial charge in [-0.25, -0.2) is 0 Å². The average molecular weight is 383 g/mol. The minimum absolute atomic E-state index is 0.0120. The summed E-state index contributed by atoms with van der Waals surface area (Å²) in [6.45, 7) is 9.19. The topological polar surface area (TPSA) is 58.6 Å². The summed E-state index contributed by atoms with van der Waals surface area (Å²) in [6.07, 6.45) is 0.771. The molecule has 0 fully saturated rings. The zero-order chi connectivity index (χ0) is 20.5. The normalized spacial score (nSPS) is 10.6. The van der Waals surface area contributed by atoms with Gasteiger partial charge in [-0.3, -0.25) is 9.59 Å². The van der Waals surface area contributed by atoms with E-state index in [1.54, 1.807) is 23.1 Å². The first-order valence-electron chi connectivity index (χ1n) is 9.78. The number of nitrogens with zero attached hydrogens (tertiary/aromatic N) is 1. The van der Waals surface area contributed by atoms with Crippen molar-refractivity contribution in [1.29, 1.82) is 0 Å². The van der Waals surface area contributed by atoms with Gasteiger partial charge in [0.15, 0.2) is 0 Å². The van der Waals surface area contributed by atoms with Gasteiger partial charge in [0.2, 0.25) is 5.91 Å². The number of hydrogen-bond donors (Lipinski definition) is 1. The van der Waals surface area contributed by atoms with Crippen LogP contribution in [-0.2, 0) is 4.79 Å². The summed E-state index contributed by atoms with van der Waals surface area (Å²) in [4.78, 5) is 27.0. The Kier molecular flexibility index (Phi) is 8.05. The molecule has 150 valence electrons. The highest BCUT2D eigenvalue weighted by molar-refractivity contribution is 5.99. The second-order valence-electron chi connectivity index (χ2n) is 7.32. The van der Waals surface area contributed by atoms with Crippen molar-refractivity contribution in [2.45, 2.75) is 34.1 Å².